The summed E-state index contributed by atoms with van der Waals surface area (Å²) in [6.45, 7) is 6.47. The molecule has 1 aliphatic rings. The molecule has 0 bridgehead atoms. The van der Waals surface area contributed by atoms with Gasteiger partial charge in [0.05, 0.1) is 17.8 Å². The van der Waals surface area contributed by atoms with E-state index < -0.39 is 11.7 Å². The van der Waals surface area contributed by atoms with Crippen LogP contribution in [0.15, 0.2) is 36.4 Å². The van der Waals surface area contributed by atoms with E-state index in [-0.39, 0.29) is 0 Å². The van der Waals surface area contributed by atoms with Crippen LogP contribution in [0.5, 0.6) is 0 Å². The first-order valence-electron chi connectivity index (χ1n) is 7.01. The van der Waals surface area contributed by atoms with Crippen molar-refractivity contribution in [1.29, 1.82) is 0 Å². The molecule has 0 fully saturated rings. The van der Waals surface area contributed by atoms with Crippen molar-refractivity contribution in [2.24, 2.45) is 0 Å². The van der Waals surface area contributed by atoms with Crippen LogP contribution in [0.4, 0.5) is 5.69 Å². The second-order valence-electron chi connectivity index (χ2n) is 5.61. The van der Waals surface area contributed by atoms with Gasteiger partial charge in [-0.3, -0.25) is 9.59 Å². The molecule has 0 radical (unpaired) electrons. The fourth-order valence-electron chi connectivity index (χ4n) is 2.78. The summed E-state index contributed by atoms with van der Waals surface area (Å²) in [5.74, 6) is -0.838. The summed E-state index contributed by atoms with van der Waals surface area (Å²) in [5, 5.41) is 0. The van der Waals surface area contributed by atoms with Crippen molar-refractivity contribution < 1.29 is 9.59 Å². The average molecular weight is 279 g/mol. The Morgan fingerprint density at radius 2 is 1.67 bits per heavy atom. The van der Waals surface area contributed by atoms with Crippen molar-refractivity contribution in [3.05, 3.63) is 64.2 Å². The molecule has 2 aromatic rings. The van der Waals surface area contributed by atoms with E-state index in [4.69, 9.17) is 0 Å². The lowest BCUT2D eigenvalue weighted by Gasteiger charge is -2.19. The number of benzene rings is 2. The van der Waals surface area contributed by atoms with Gasteiger partial charge in [-0.05, 0) is 49.1 Å². The molecule has 0 saturated heterocycles. The third-order valence-electron chi connectivity index (χ3n) is 4.10. The van der Waals surface area contributed by atoms with E-state index in [0.717, 1.165) is 16.8 Å². The van der Waals surface area contributed by atoms with Gasteiger partial charge in [0.1, 0.15) is 0 Å². The van der Waals surface area contributed by atoms with Crippen molar-refractivity contribution in [2.75, 3.05) is 4.90 Å². The number of carbonyl (C=O) groups is 2. The Morgan fingerprint density at radius 1 is 0.905 bits per heavy atom. The van der Waals surface area contributed by atoms with Gasteiger partial charge >= 0.3 is 0 Å². The van der Waals surface area contributed by atoms with E-state index in [0.29, 0.717) is 12.1 Å². The van der Waals surface area contributed by atoms with Gasteiger partial charge in [0.25, 0.3) is 11.7 Å². The first-order valence-corrected chi connectivity index (χ1v) is 7.01. The number of Topliss-reactive ketones (excluding diaryl/α,β-unsaturated/α-hetero) is 1. The van der Waals surface area contributed by atoms with Gasteiger partial charge in [0.15, 0.2) is 0 Å². The van der Waals surface area contributed by atoms with Crippen LogP contribution >= 0.6 is 0 Å². The molecule has 1 aliphatic heterocycles. The topological polar surface area (TPSA) is 37.4 Å². The van der Waals surface area contributed by atoms with Crippen molar-refractivity contribution in [1.82, 2.24) is 0 Å². The lowest BCUT2D eigenvalue weighted by Crippen LogP contribution is -2.29. The van der Waals surface area contributed by atoms with Crippen LogP contribution in [-0.4, -0.2) is 11.7 Å². The third-order valence-corrected chi connectivity index (χ3v) is 4.10. The van der Waals surface area contributed by atoms with E-state index in [1.54, 1.807) is 11.0 Å². The Bertz CT molecular complexity index is 762. The first-order chi connectivity index (χ1) is 9.99. The minimum atomic E-state index is -0.433. The Morgan fingerprint density at radius 3 is 2.38 bits per heavy atom. The van der Waals surface area contributed by atoms with E-state index in [1.807, 2.05) is 31.2 Å². The standard InChI is InChI=1S/C18H17NO2/c1-11-7-8-14(9-13(11)3)10-19-16-12(2)5-4-6-15(16)17(20)18(19)21/h4-9H,10H2,1-3H3. The molecule has 0 atom stereocenters. The zero-order valence-corrected chi connectivity index (χ0v) is 12.4. The lowest BCUT2D eigenvalue weighted by atomic mass is 10.1. The van der Waals surface area contributed by atoms with Crippen molar-refractivity contribution in [3.8, 4) is 0 Å². The van der Waals surface area contributed by atoms with Crippen LogP contribution in [0.3, 0.4) is 0 Å². The number of nitrogens with zero attached hydrogens (tertiary/aromatic N) is 1. The fourth-order valence-corrected chi connectivity index (χ4v) is 2.78. The molecular formula is C18H17NO2. The lowest BCUT2D eigenvalue weighted by molar-refractivity contribution is -0.114. The van der Waals surface area contributed by atoms with Gasteiger partial charge in [-0.15, -0.1) is 0 Å². The van der Waals surface area contributed by atoms with Gasteiger partial charge in [0.2, 0.25) is 0 Å². The zero-order chi connectivity index (χ0) is 15.1. The average Bonchev–Trinajstić information content (AvgIpc) is 2.69. The number of fused-ring (bicyclic) bond motifs is 1. The number of anilines is 1. The molecule has 0 saturated carbocycles. The zero-order valence-electron chi connectivity index (χ0n) is 12.4. The summed E-state index contributed by atoms with van der Waals surface area (Å²) in [6.07, 6.45) is 0. The minimum absolute atomic E-state index is 0.405. The molecule has 106 valence electrons. The predicted octanol–water partition coefficient (Wildman–Crippen LogP) is 3.34. The van der Waals surface area contributed by atoms with Crippen LogP contribution in [-0.2, 0) is 11.3 Å². The van der Waals surface area contributed by atoms with Crippen molar-refractivity contribution >= 4 is 17.4 Å². The van der Waals surface area contributed by atoms with Gasteiger partial charge in [0, 0.05) is 0 Å². The number of rotatable bonds is 2. The molecule has 21 heavy (non-hydrogen) atoms. The van der Waals surface area contributed by atoms with Crippen molar-refractivity contribution in [2.45, 2.75) is 27.3 Å². The Hall–Kier alpha value is -2.42. The maximum absolute atomic E-state index is 12.2. The van der Waals surface area contributed by atoms with E-state index in [1.165, 1.54) is 11.1 Å². The Labute approximate surface area is 124 Å². The summed E-state index contributed by atoms with van der Waals surface area (Å²) in [4.78, 5) is 25.9. The third kappa shape index (κ3) is 2.15. The Kier molecular flexibility index (Phi) is 3.13. The summed E-state index contributed by atoms with van der Waals surface area (Å²) in [7, 11) is 0. The van der Waals surface area contributed by atoms with Gasteiger partial charge in [-0.25, -0.2) is 0 Å². The highest BCUT2D eigenvalue weighted by atomic mass is 16.2. The summed E-state index contributed by atoms with van der Waals surface area (Å²) >= 11 is 0. The summed E-state index contributed by atoms with van der Waals surface area (Å²) < 4.78 is 0. The predicted molar refractivity (Wildman–Crippen MR) is 82.6 cm³/mol. The van der Waals surface area contributed by atoms with Crippen LogP contribution in [0.25, 0.3) is 0 Å². The number of hydrogen-bond donors (Lipinski definition) is 0. The van der Waals surface area contributed by atoms with Gasteiger partial charge in [-0.1, -0.05) is 30.3 Å². The molecule has 0 aromatic heterocycles. The summed E-state index contributed by atoms with van der Waals surface area (Å²) in [5.41, 5.74) is 5.68. The van der Waals surface area contributed by atoms with E-state index in [9.17, 15) is 9.59 Å². The number of ketones is 1. The smallest absolute Gasteiger partial charge is 0.299 e. The van der Waals surface area contributed by atoms with Crippen LogP contribution in [0.2, 0.25) is 0 Å². The molecule has 2 aromatic carbocycles. The normalized spacial score (nSPS) is 13.8. The molecule has 3 nitrogen and oxygen atoms in total. The summed E-state index contributed by atoms with van der Waals surface area (Å²) in [6, 6.07) is 11.6. The molecule has 1 amide bonds. The van der Waals surface area contributed by atoms with Crippen LogP contribution in [0.1, 0.15) is 32.6 Å². The minimum Gasteiger partial charge on any atom is -0.300 e. The van der Waals surface area contributed by atoms with Gasteiger partial charge < -0.3 is 4.90 Å². The molecule has 0 aliphatic carbocycles. The molecule has 3 rings (SSSR count). The largest absolute Gasteiger partial charge is 0.300 e. The second kappa shape index (κ2) is 4.85. The first kappa shape index (κ1) is 13.6. The highest BCUT2D eigenvalue weighted by molar-refractivity contribution is 6.52. The van der Waals surface area contributed by atoms with Crippen LogP contribution < -0.4 is 4.90 Å². The number of carbonyl (C=O) groups excluding carboxylic acids is 2. The highest BCUT2D eigenvalue weighted by Crippen LogP contribution is 2.33. The quantitative estimate of drug-likeness (QED) is 0.791. The molecule has 0 N–H and O–H groups in total. The molecular weight excluding hydrogens is 262 g/mol. The van der Waals surface area contributed by atoms with Gasteiger partial charge in [-0.2, -0.15) is 0 Å². The fraction of sp³-hybridized carbons (Fsp3) is 0.222. The molecule has 0 spiro atoms. The monoisotopic (exact) mass is 279 g/mol. The number of para-hydroxylation sites is 1. The molecule has 1 heterocycles. The van der Waals surface area contributed by atoms with Crippen LogP contribution in [0, 0.1) is 20.8 Å². The highest BCUT2D eigenvalue weighted by Gasteiger charge is 2.36. The maximum atomic E-state index is 12.2. The SMILES string of the molecule is Cc1ccc(CN2C(=O)C(=O)c3cccc(C)c32)cc1C. The molecule has 0 unspecified atom stereocenters. The number of hydrogen-bond acceptors (Lipinski definition) is 2. The van der Waals surface area contributed by atoms with Crippen molar-refractivity contribution in [3.63, 3.8) is 0 Å². The number of amides is 1. The molecule has 3 heteroatoms. The van der Waals surface area contributed by atoms with E-state index >= 15 is 0 Å². The maximum Gasteiger partial charge on any atom is 0.299 e. The second-order valence-corrected chi connectivity index (χ2v) is 5.61. The Balaban J connectivity index is 2.02. The van der Waals surface area contributed by atoms with E-state index in [2.05, 4.69) is 19.9 Å². The number of aryl methyl sites for hydroxylation is 3.